The smallest absolute Gasteiger partial charge is 0.329 e. The minimum absolute atomic E-state index is 0.00994. The fraction of sp³-hybridized carbons (Fsp3) is 0. The molecule has 7 heteroatoms. The fourth-order valence-corrected chi connectivity index (χ4v) is 2.38. The number of para-hydroxylation sites is 1. The van der Waals surface area contributed by atoms with Crippen molar-refractivity contribution in [2.45, 2.75) is 0 Å². The molecule has 0 radical (unpaired) electrons. The molecule has 0 N–H and O–H groups in total. The highest BCUT2D eigenvalue weighted by Crippen LogP contribution is 2.39. The Bertz CT molecular complexity index is 649. The molecule has 98 valence electrons. The Balaban J connectivity index is 2.44. The van der Waals surface area contributed by atoms with E-state index in [0.29, 0.717) is 10.8 Å². The second-order valence-corrected chi connectivity index (χ2v) is 5.25. The van der Waals surface area contributed by atoms with Crippen molar-refractivity contribution < 1.29 is 9.66 Å². The maximum absolute atomic E-state index is 11.0. The lowest BCUT2D eigenvalue weighted by atomic mass is 10.3. The van der Waals surface area contributed by atoms with E-state index < -0.39 is 4.92 Å². The van der Waals surface area contributed by atoms with Gasteiger partial charge in [-0.25, -0.2) is 0 Å². The van der Waals surface area contributed by atoms with Gasteiger partial charge in [-0.15, -0.1) is 0 Å². The van der Waals surface area contributed by atoms with Gasteiger partial charge in [0.05, 0.1) is 9.95 Å². The molecule has 0 saturated carbocycles. The Kier molecular flexibility index (Phi) is 4.29. The largest absolute Gasteiger partial charge is 0.448 e. The van der Waals surface area contributed by atoms with Crippen LogP contribution in [0.15, 0.2) is 40.9 Å². The summed E-state index contributed by atoms with van der Waals surface area (Å²) >= 11 is 15.0. The first-order valence-electron chi connectivity index (χ1n) is 5.05. The van der Waals surface area contributed by atoms with Crippen molar-refractivity contribution in [2.75, 3.05) is 0 Å². The first-order chi connectivity index (χ1) is 8.99. The Morgan fingerprint density at radius 1 is 1.11 bits per heavy atom. The lowest BCUT2D eigenvalue weighted by molar-refractivity contribution is -0.385. The van der Waals surface area contributed by atoms with Gasteiger partial charge in [-0.3, -0.25) is 10.1 Å². The molecule has 19 heavy (non-hydrogen) atoms. The fourth-order valence-electron chi connectivity index (χ4n) is 1.43. The van der Waals surface area contributed by atoms with E-state index in [1.165, 1.54) is 12.1 Å². The maximum atomic E-state index is 11.0. The first kappa shape index (κ1) is 14.1. The maximum Gasteiger partial charge on any atom is 0.329 e. The van der Waals surface area contributed by atoms with Crippen LogP contribution in [0.25, 0.3) is 0 Å². The van der Waals surface area contributed by atoms with Gasteiger partial charge in [0, 0.05) is 4.47 Å². The predicted octanol–water partition coefficient (Wildman–Crippen LogP) is 5.46. The van der Waals surface area contributed by atoms with E-state index in [1.807, 2.05) is 0 Å². The molecule has 2 aromatic carbocycles. The van der Waals surface area contributed by atoms with Gasteiger partial charge in [-0.1, -0.05) is 45.2 Å². The molecular weight excluding hydrogens is 357 g/mol. The Hall–Kier alpha value is -1.30. The van der Waals surface area contributed by atoms with Crippen LogP contribution in [0.3, 0.4) is 0 Å². The minimum Gasteiger partial charge on any atom is -0.448 e. The van der Waals surface area contributed by atoms with Crippen molar-refractivity contribution in [3.8, 4) is 11.5 Å². The molecule has 0 atom stereocenters. The van der Waals surface area contributed by atoms with Crippen molar-refractivity contribution in [3.63, 3.8) is 0 Å². The van der Waals surface area contributed by atoms with Gasteiger partial charge < -0.3 is 4.74 Å². The van der Waals surface area contributed by atoms with Gasteiger partial charge in [0.25, 0.3) is 0 Å². The third kappa shape index (κ3) is 3.18. The molecule has 0 aliphatic rings. The quantitative estimate of drug-likeness (QED) is 0.538. The standard InChI is InChI=1S/C12H6BrCl2NO3/c13-7-4-5-10(9(15)6-7)19-11-3-1-2-8(14)12(11)16(17)18/h1-6H. The normalized spacial score (nSPS) is 10.3. The van der Waals surface area contributed by atoms with Crippen LogP contribution in [0.4, 0.5) is 5.69 Å². The number of nitro benzene ring substituents is 1. The third-order valence-electron chi connectivity index (χ3n) is 2.25. The van der Waals surface area contributed by atoms with Crippen LogP contribution in [-0.4, -0.2) is 4.92 Å². The number of hydrogen-bond donors (Lipinski definition) is 0. The molecule has 0 spiro atoms. The van der Waals surface area contributed by atoms with Crippen LogP contribution < -0.4 is 4.74 Å². The summed E-state index contributed by atoms with van der Waals surface area (Å²) in [6.45, 7) is 0. The van der Waals surface area contributed by atoms with Crippen molar-refractivity contribution in [1.29, 1.82) is 0 Å². The van der Waals surface area contributed by atoms with Crippen LogP contribution in [0.1, 0.15) is 0 Å². The molecular formula is C12H6BrCl2NO3. The Labute approximate surface area is 127 Å². The number of halogens is 3. The van der Waals surface area contributed by atoms with Crippen molar-refractivity contribution in [3.05, 3.63) is 61.0 Å². The zero-order chi connectivity index (χ0) is 14.0. The molecule has 0 bridgehead atoms. The van der Waals surface area contributed by atoms with E-state index >= 15 is 0 Å². The number of ether oxygens (including phenoxy) is 1. The molecule has 0 heterocycles. The zero-order valence-electron chi connectivity index (χ0n) is 9.27. The van der Waals surface area contributed by atoms with Gasteiger partial charge in [0.15, 0.2) is 0 Å². The highest BCUT2D eigenvalue weighted by Gasteiger charge is 2.20. The van der Waals surface area contributed by atoms with Gasteiger partial charge in [-0.05, 0) is 30.3 Å². The molecule has 0 aliphatic heterocycles. The van der Waals surface area contributed by atoms with Crippen LogP contribution in [0, 0.1) is 10.1 Å². The predicted molar refractivity (Wildman–Crippen MR) is 77.3 cm³/mol. The Morgan fingerprint density at radius 3 is 2.47 bits per heavy atom. The van der Waals surface area contributed by atoms with Crippen molar-refractivity contribution in [1.82, 2.24) is 0 Å². The monoisotopic (exact) mass is 361 g/mol. The van der Waals surface area contributed by atoms with Gasteiger partial charge in [0.1, 0.15) is 10.8 Å². The summed E-state index contributed by atoms with van der Waals surface area (Å²) in [5.74, 6) is 0.358. The lowest BCUT2D eigenvalue weighted by Gasteiger charge is -2.08. The van der Waals surface area contributed by atoms with Crippen molar-refractivity contribution in [2.24, 2.45) is 0 Å². The molecule has 0 aliphatic carbocycles. The molecule has 0 unspecified atom stereocenters. The molecule has 0 saturated heterocycles. The number of benzene rings is 2. The summed E-state index contributed by atoms with van der Waals surface area (Å²) in [5, 5.41) is 11.3. The second-order valence-electron chi connectivity index (χ2n) is 3.52. The average molecular weight is 363 g/mol. The topological polar surface area (TPSA) is 52.4 Å². The number of hydrogen-bond acceptors (Lipinski definition) is 3. The number of nitro groups is 1. The van der Waals surface area contributed by atoms with Crippen LogP contribution >= 0.6 is 39.1 Å². The number of rotatable bonds is 3. The van der Waals surface area contributed by atoms with E-state index in [2.05, 4.69) is 15.9 Å². The van der Waals surface area contributed by atoms with Gasteiger partial charge in [-0.2, -0.15) is 0 Å². The molecule has 0 amide bonds. The summed E-state index contributed by atoms with van der Waals surface area (Å²) in [6, 6.07) is 9.41. The van der Waals surface area contributed by atoms with Crippen LogP contribution in [-0.2, 0) is 0 Å². The first-order valence-corrected chi connectivity index (χ1v) is 6.59. The zero-order valence-corrected chi connectivity index (χ0v) is 12.4. The van der Waals surface area contributed by atoms with E-state index in [-0.39, 0.29) is 16.5 Å². The second kappa shape index (κ2) is 5.77. The van der Waals surface area contributed by atoms with Crippen LogP contribution in [0.2, 0.25) is 10.0 Å². The highest BCUT2D eigenvalue weighted by atomic mass is 79.9. The summed E-state index contributed by atoms with van der Waals surface area (Å²) in [7, 11) is 0. The van der Waals surface area contributed by atoms with E-state index in [1.54, 1.807) is 24.3 Å². The third-order valence-corrected chi connectivity index (χ3v) is 3.34. The molecule has 4 nitrogen and oxygen atoms in total. The van der Waals surface area contributed by atoms with Crippen LogP contribution in [0.5, 0.6) is 11.5 Å². The van der Waals surface area contributed by atoms with Gasteiger partial charge in [0.2, 0.25) is 5.75 Å². The highest BCUT2D eigenvalue weighted by molar-refractivity contribution is 9.10. The average Bonchev–Trinajstić information content (AvgIpc) is 2.32. The summed E-state index contributed by atoms with van der Waals surface area (Å²) in [6.07, 6.45) is 0. The van der Waals surface area contributed by atoms with E-state index in [9.17, 15) is 10.1 Å². The SMILES string of the molecule is O=[N+]([O-])c1c(Cl)cccc1Oc1ccc(Br)cc1Cl. The van der Waals surface area contributed by atoms with Crippen molar-refractivity contribution >= 4 is 44.8 Å². The molecule has 2 aromatic rings. The summed E-state index contributed by atoms with van der Waals surface area (Å²) in [5.41, 5.74) is -0.289. The van der Waals surface area contributed by atoms with Gasteiger partial charge >= 0.3 is 5.69 Å². The molecule has 2 rings (SSSR count). The lowest BCUT2D eigenvalue weighted by Crippen LogP contribution is -1.94. The molecule has 0 aromatic heterocycles. The van der Waals surface area contributed by atoms with E-state index in [0.717, 1.165) is 4.47 Å². The minimum atomic E-state index is -0.593. The Morgan fingerprint density at radius 2 is 1.84 bits per heavy atom. The summed E-state index contributed by atoms with van der Waals surface area (Å²) < 4.78 is 6.24. The summed E-state index contributed by atoms with van der Waals surface area (Å²) in [4.78, 5) is 10.4. The molecule has 0 fully saturated rings. The van der Waals surface area contributed by atoms with E-state index in [4.69, 9.17) is 27.9 Å². The number of nitrogens with zero attached hydrogens (tertiary/aromatic N) is 1.